The number of carbonyl (C=O) groups is 2. The molecule has 0 aromatic rings. The van der Waals surface area contributed by atoms with E-state index >= 15 is 0 Å². The van der Waals surface area contributed by atoms with Gasteiger partial charge >= 0.3 is 11.9 Å². The average Bonchev–Trinajstić information content (AvgIpc) is 2.30. The fourth-order valence-corrected chi connectivity index (χ4v) is 1.26. The average molecular weight is 283 g/mol. The lowest BCUT2D eigenvalue weighted by Gasteiger charge is -2.32. The summed E-state index contributed by atoms with van der Waals surface area (Å²) in [5.74, 6) is -2.51. The highest BCUT2D eigenvalue weighted by Gasteiger charge is 2.29. The molecule has 0 amide bonds. The summed E-state index contributed by atoms with van der Waals surface area (Å²) in [5, 5.41) is 33.6. The second kappa shape index (κ2) is 8.51. The minimum Gasteiger partial charge on any atom is -0.478 e. The van der Waals surface area contributed by atoms with Crippen molar-refractivity contribution in [3.05, 3.63) is 12.2 Å². The molecular weight excluding hydrogens is 268 g/mol. The van der Waals surface area contributed by atoms with Crippen molar-refractivity contribution in [2.24, 2.45) is 0 Å². The van der Waals surface area contributed by atoms with E-state index < -0.39 is 30.7 Å². The summed E-state index contributed by atoms with van der Waals surface area (Å²) in [6, 6.07) is 0. The molecule has 1 rings (SSSR count). The Morgan fingerprint density at radius 2 is 1.58 bits per heavy atom. The lowest BCUT2D eigenvalue weighted by molar-refractivity contribution is -0.134. The van der Waals surface area contributed by atoms with Gasteiger partial charge in [-0.1, -0.05) is 0 Å². The van der Waals surface area contributed by atoms with Crippen LogP contribution in [0, 0.1) is 0 Å². The molecule has 0 aliphatic carbocycles. The molecule has 1 fully saturated rings. The SMILES string of the molecule is O=C(O)C=CC(=O)O.OC1CCN(C(F)F)CC1O. The summed E-state index contributed by atoms with van der Waals surface area (Å²) in [6.45, 7) is -2.52. The van der Waals surface area contributed by atoms with Gasteiger partial charge in [0.1, 0.15) is 0 Å². The van der Waals surface area contributed by atoms with Gasteiger partial charge in [-0.2, -0.15) is 8.78 Å². The third-order valence-corrected chi connectivity index (χ3v) is 2.22. The van der Waals surface area contributed by atoms with Crippen LogP contribution in [-0.4, -0.2) is 69.1 Å². The van der Waals surface area contributed by atoms with E-state index in [2.05, 4.69) is 0 Å². The minimum atomic E-state index is -2.53. The number of aliphatic hydroxyl groups is 2. The molecule has 110 valence electrons. The highest BCUT2D eigenvalue weighted by Crippen LogP contribution is 2.14. The predicted octanol–water partition coefficient (Wildman–Crippen LogP) is -0.652. The fourth-order valence-electron chi connectivity index (χ4n) is 1.26. The van der Waals surface area contributed by atoms with Crippen molar-refractivity contribution in [3.63, 3.8) is 0 Å². The third-order valence-electron chi connectivity index (χ3n) is 2.22. The van der Waals surface area contributed by atoms with Gasteiger partial charge < -0.3 is 20.4 Å². The number of likely N-dealkylation sites (tertiary alicyclic amines) is 1. The smallest absolute Gasteiger partial charge is 0.328 e. The van der Waals surface area contributed by atoms with E-state index in [1.54, 1.807) is 0 Å². The van der Waals surface area contributed by atoms with Gasteiger partial charge in [-0.15, -0.1) is 0 Å². The van der Waals surface area contributed by atoms with Crippen LogP contribution in [-0.2, 0) is 9.59 Å². The van der Waals surface area contributed by atoms with Gasteiger partial charge in [0.15, 0.2) is 0 Å². The van der Waals surface area contributed by atoms with Gasteiger partial charge in [0.05, 0.1) is 12.2 Å². The zero-order valence-corrected chi connectivity index (χ0v) is 9.82. The van der Waals surface area contributed by atoms with Crippen LogP contribution in [0.5, 0.6) is 0 Å². The number of hydrogen-bond acceptors (Lipinski definition) is 5. The summed E-state index contributed by atoms with van der Waals surface area (Å²) >= 11 is 0. The van der Waals surface area contributed by atoms with Crippen LogP contribution in [0.2, 0.25) is 0 Å². The van der Waals surface area contributed by atoms with Crippen LogP contribution in [0.15, 0.2) is 12.2 Å². The molecule has 1 heterocycles. The lowest BCUT2D eigenvalue weighted by atomic mass is 10.1. The van der Waals surface area contributed by atoms with Gasteiger partial charge in [-0.05, 0) is 6.42 Å². The predicted molar refractivity (Wildman–Crippen MR) is 58.6 cm³/mol. The van der Waals surface area contributed by atoms with Crippen molar-refractivity contribution >= 4 is 11.9 Å². The summed E-state index contributed by atoms with van der Waals surface area (Å²) in [7, 11) is 0. The third kappa shape index (κ3) is 8.19. The van der Waals surface area contributed by atoms with E-state index in [1.807, 2.05) is 0 Å². The second-order valence-corrected chi connectivity index (χ2v) is 3.71. The number of rotatable bonds is 3. The van der Waals surface area contributed by atoms with Gasteiger partial charge in [0, 0.05) is 25.2 Å². The van der Waals surface area contributed by atoms with Crippen molar-refractivity contribution in [1.82, 2.24) is 4.90 Å². The molecule has 2 atom stereocenters. The minimum absolute atomic E-state index is 0.140. The zero-order valence-electron chi connectivity index (χ0n) is 9.82. The topological polar surface area (TPSA) is 118 Å². The molecule has 0 aromatic heterocycles. The molecule has 7 nitrogen and oxygen atoms in total. The number of carboxylic acid groups (broad SMARTS) is 2. The number of carboxylic acids is 2. The zero-order chi connectivity index (χ0) is 15.0. The van der Waals surface area contributed by atoms with Crippen LogP contribution in [0.25, 0.3) is 0 Å². The Labute approximate surface area is 107 Å². The molecule has 19 heavy (non-hydrogen) atoms. The molecule has 2 unspecified atom stereocenters. The van der Waals surface area contributed by atoms with Crippen LogP contribution in [0.1, 0.15) is 6.42 Å². The molecule has 0 spiro atoms. The molecule has 0 bridgehead atoms. The van der Waals surface area contributed by atoms with E-state index in [1.165, 1.54) is 0 Å². The number of piperidine rings is 1. The van der Waals surface area contributed by atoms with Crippen LogP contribution >= 0.6 is 0 Å². The molecular formula is C10H15F2NO6. The number of halogens is 2. The van der Waals surface area contributed by atoms with Gasteiger partial charge in [-0.25, -0.2) is 14.5 Å². The Bertz CT molecular complexity index is 320. The molecule has 0 saturated carbocycles. The van der Waals surface area contributed by atoms with E-state index in [-0.39, 0.29) is 19.5 Å². The number of nitrogens with zero attached hydrogens (tertiary/aromatic N) is 1. The van der Waals surface area contributed by atoms with Crippen molar-refractivity contribution in [2.45, 2.75) is 25.2 Å². The van der Waals surface area contributed by atoms with Gasteiger partial charge in [0.2, 0.25) is 0 Å². The Hall–Kier alpha value is -1.58. The second-order valence-electron chi connectivity index (χ2n) is 3.71. The van der Waals surface area contributed by atoms with Crippen LogP contribution in [0.3, 0.4) is 0 Å². The summed E-state index contributed by atoms with van der Waals surface area (Å²) in [6.07, 6.45) is -0.543. The first-order chi connectivity index (χ1) is 8.73. The Balaban J connectivity index is 0.000000362. The van der Waals surface area contributed by atoms with Gasteiger partial charge in [-0.3, -0.25) is 0 Å². The Morgan fingerprint density at radius 1 is 1.11 bits per heavy atom. The molecule has 9 heteroatoms. The standard InChI is InChI=1S/C6H11F2NO2.C4H4O4/c7-6(8)9-2-1-4(10)5(11)3-9;5-3(6)1-2-4(7)8/h4-6,10-11H,1-3H2;1-2H,(H,5,6)(H,7,8). The first-order valence-corrected chi connectivity index (χ1v) is 5.26. The monoisotopic (exact) mass is 283 g/mol. The maximum atomic E-state index is 12.0. The number of aliphatic carboxylic acids is 2. The van der Waals surface area contributed by atoms with E-state index in [4.69, 9.17) is 20.4 Å². The highest BCUT2D eigenvalue weighted by molar-refractivity contribution is 5.89. The van der Waals surface area contributed by atoms with Crippen molar-refractivity contribution in [2.75, 3.05) is 13.1 Å². The lowest BCUT2D eigenvalue weighted by Crippen LogP contribution is -2.48. The Kier molecular flexibility index (Phi) is 7.80. The molecule has 0 radical (unpaired) electrons. The molecule has 0 aromatic carbocycles. The largest absolute Gasteiger partial charge is 0.478 e. The van der Waals surface area contributed by atoms with Crippen molar-refractivity contribution in [1.29, 1.82) is 0 Å². The van der Waals surface area contributed by atoms with Gasteiger partial charge in [0.25, 0.3) is 6.55 Å². The molecule has 1 aliphatic rings. The van der Waals surface area contributed by atoms with Crippen molar-refractivity contribution in [3.8, 4) is 0 Å². The maximum absolute atomic E-state index is 12.0. The molecule has 1 saturated heterocycles. The Morgan fingerprint density at radius 3 is 1.89 bits per heavy atom. The van der Waals surface area contributed by atoms with E-state index in [0.717, 1.165) is 4.90 Å². The number of hydrogen-bond donors (Lipinski definition) is 4. The molecule has 1 aliphatic heterocycles. The van der Waals surface area contributed by atoms with Crippen molar-refractivity contribution < 1.29 is 38.8 Å². The first kappa shape index (κ1) is 17.4. The van der Waals surface area contributed by atoms with Crippen LogP contribution in [0.4, 0.5) is 8.78 Å². The fraction of sp³-hybridized carbons (Fsp3) is 0.600. The maximum Gasteiger partial charge on any atom is 0.328 e. The van der Waals surface area contributed by atoms with E-state index in [9.17, 15) is 18.4 Å². The van der Waals surface area contributed by atoms with E-state index in [0.29, 0.717) is 12.2 Å². The first-order valence-electron chi connectivity index (χ1n) is 5.26. The number of alkyl halides is 2. The number of β-amino-alcohol motifs (C(OH)–C–C–N with tert-alkyl or cyclic N) is 1. The summed E-state index contributed by atoms with van der Waals surface area (Å²) in [5.41, 5.74) is 0. The quantitative estimate of drug-likeness (QED) is 0.401. The summed E-state index contributed by atoms with van der Waals surface area (Å²) < 4.78 is 23.9. The molecule has 4 N–H and O–H groups in total. The number of aliphatic hydroxyl groups excluding tert-OH is 2. The van der Waals surface area contributed by atoms with Crippen LogP contribution < -0.4 is 0 Å². The normalized spacial score (nSPS) is 24.1. The summed E-state index contributed by atoms with van der Waals surface area (Å²) in [4.78, 5) is 20.0. The highest BCUT2D eigenvalue weighted by atomic mass is 19.3.